The normalized spacial score (nSPS) is 12.9. The van der Waals surface area contributed by atoms with Crippen LogP contribution in [-0.4, -0.2) is 28.3 Å². The quantitative estimate of drug-likeness (QED) is 0.385. The first-order chi connectivity index (χ1) is 10.0. The molecule has 0 saturated carbocycles. The molecular formula is C16H32IN5. The molecule has 0 fully saturated rings. The van der Waals surface area contributed by atoms with Gasteiger partial charge in [0.05, 0.1) is 12.2 Å². The largest absolute Gasteiger partial charge is 0.357 e. The summed E-state index contributed by atoms with van der Waals surface area (Å²) >= 11 is 0. The summed E-state index contributed by atoms with van der Waals surface area (Å²) in [5, 5.41) is 11.0. The van der Waals surface area contributed by atoms with E-state index in [2.05, 4.69) is 48.4 Å². The summed E-state index contributed by atoms with van der Waals surface area (Å²) in [6.07, 6.45) is 5.52. The summed E-state index contributed by atoms with van der Waals surface area (Å²) in [5.74, 6) is 1.67. The third kappa shape index (κ3) is 8.60. The van der Waals surface area contributed by atoms with Crippen LogP contribution in [0, 0.1) is 5.92 Å². The van der Waals surface area contributed by atoms with Gasteiger partial charge in [0.1, 0.15) is 0 Å². The third-order valence-electron chi connectivity index (χ3n) is 3.47. The molecule has 0 aliphatic rings. The van der Waals surface area contributed by atoms with Crippen LogP contribution in [-0.2, 0) is 13.6 Å². The lowest BCUT2D eigenvalue weighted by molar-refractivity contribution is 0.491. The van der Waals surface area contributed by atoms with Crippen LogP contribution in [0.25, 0.3) is 0 Å². The fraction of sp³-hybridized carbons (Fsp3) is 0.750. The molecule has 1 aromatic rings. The van der Waals surface area contributed by atoms with Crippen LogP contribution in [0.1, 0.15) is 52.7 Å². The molecule has 0 spiro atoms. The standard InChI is InChI=1S/C16H31N5.HI/c1-6-17-16(18-12-15-10-11-19-21(15)5)20-14(4)9-7-8-13(2)3;/h10-11,13-14H,6-9,12H2,1-5H3,(H2,17,18,20);1H. The Hall–Kier alpha value is -0.790. The van der Waals surface area contributed by atoms with E-state index in [-0.39, 0.29) is 24.0 Å². The second-order valence-corrected chi connectivity index (χ2v) is 6.01. The molecular weight excluding hydrogens is 389 g/mol. The van der Waals surface area contributed by atoms with Gasteiger partial charge in [-0.1, -0.05) is 26.7 Å². The van der Waals surface area contributed by atoms with E-state index in [4.69, 9.17) is 0 Å². The van der Waals surface area contributed by atoms with Crippen molar-refractivity contribution in [1.82, 2.24) is 20.4 Å². The Labute approximate surface area is 152 Å². The summed E-state index contributed by atoms with van der Waals surface area (Å²) < 4.78 is 1.86. The first-order valence-corrected chi connectivity index (χ1v) is 8.04. The number of halogens is 1. The molecule has 0 radical (unpaired) electrons. The van der Waals surface area contributed by atoms with Crippen molar-refractivity contribution in [3.8, 4) is 0 Å². The zero-order chi connectivity index (χ0) is 15.7. The van der Waals surface area contributed by atoms with Crippen molar-refractivity contribution in [3.05, 3.63) is 18.0 Å². The van der Waals surface area contributed by atoms with Gasteiger partial charge in [-0.25, -0.2) is 4.99 Å². The number of rotatable bonds is 8. The number of aromatic nitrogens is 2. The van der Waals surface area contributed by atoms with Crippen molar-refractivity contribution in [2.45, 2.75) is 59.5 Å². The van der Waals surface area contributed by atoms with E-state index in [1.165, 1.54) is 19.3 Å². The Morgan fingerprint density at radius 2 is 2.05 bits per heavy atom. The van der Waals surface area contributed by atoms with Gasteiger partial charge in [-0.3, -0.25) is 4.68 Å². The first kappa shape index (κ1) is 21.2. The Morgan fingerprint density at radius 1 is 1.32 bits per heavy atom. The SMILES string of the molecule is CCNC(=NCc1ccnn1C)NC(C)CCCC(C)C.I. The lowest BCUT2D eigenvalue weighted by Crippen LogP contribution is -2.42. The minimum Gasteiger partial charge on any atom is -0.357 e. The molecule has 22 heavy (non-hydrogen) atoms. The van der Waals surface area contributed by atoms with Crippen LogP contribution in [0.15, 0.2) is 17.3 Å². The van der Waals surface area contributed by atoms with Gasteiger partial charge < -0.3 is 10.6 Å². The van der Waals surface area contributed by atoms with Crippen molar-refractivity contribution in [1.29, 1.82) is 0 Å². The van der Waals surface area contributed by atoms with Crippen LogP contribution >= 0.6 is 24.0 Å². The van der Waals surface area contributed by atoms with Gasteiger partial charge in [-0.15, -0.1) is 24.0 Å². The Morgan fingerprint density at radius 3 is 2.59 bits per heavy atom. The van der Waals surface area contributed by atoms with Gasteiger partial charge in [-0.2, -0.15) is 5.10 Å². The summed E-state index contributed by atoms with van der Waals surface area (Å²) in [6.45, 7) is 10.4. The van der Waals surface area contributed by atoms with E-state index in [9.17, 15) is 0 Å². The predicted molar refractivity (Wildman–Crippen MR) is 105 cm³/mol. The Bertz CT molecular complexity index is 428. The molecule has 0 amide bonds. The highest BCUT2D eigenvalue weighted by molar-refractivity contribution is 14.0. The minimum absolute atomic E-state index is 0. The molecule has 1 heterocycles. The van der Waals surface area contributed by atoms with E-state index in [0.29, 0.717) is 12.6 Å². The zero-order valence-electron chi connectivity index (χ0n) is 14.6. The lowest BCUT2D eigenvalue weighted by atomic mass is 10.0. The van der Waals surface area contributed by atoms with E-state index in [1.54, 1.807) is 6.20 Å². The maximum absolute atomic E-state index is 4.63. The monoisotopic (exact) mass is 421 g/mol. The van der Waals surface area contributed by atoms with Crippen LogP contribution in [0.4, 0.5) is 0 Å². The second kappa shape index (κ2) is 11.7. The molecule has 0 aliphatic heterocycles. The highest BCUT2D eigenvalue weighted by Crippen LogP contribution is 2.08. The van der Waals surface area contributed by atoms with Crippen molar-refractivity contribution in [2.75, 3.05) is 6.54 Å². The van der Waals surface area contributed by atoms with E-state index in [1.807, 2.05) is 17.8 Å². The van der Waals surface area contributed by atoms with Crippen molar-refractivity contribution < 1.29 is 0 Å². The van der Waals surface area contributed by atoms with E-state index in [0.717, 1.165) is 24.1 Å². The molecule has 1 rings (SSSR count). The van der Waals surface area contributed by atoms with Crippen molar-refractivity contribution >= 4 is 29.9 Å². The van der Waals surface area contributed by atoms with Gasteiger partial charge in [0.25, 0.3) is 0 Å². The molecule has 1 aromatic heterocycles. The summed E-state index contributed by atoms with van der Waals surface area (Å²) in [6, 6.07) is 2.44. The summed E-state index contributed by atoms with van der Waals surface area (Å²) in [5.41, 5.74) is 1.11. The van der Waals surface area contributed by atoms with E-state index >= 15 is 0 Å². The number of aliphatic imine (C=N–C) groups is 1. The number of hydrogen-bond acceptors (Lipinski definition) is 2. The maximum atomic E-state index is 4.63. The Balaban J connectivity index is 0.00000441. The van der Waals surface area contributed by atoms with E-state index < -0.39 is 0 Å². The molecule has 6 heteroatoms. The minimum atomic E-state index is 0. The van der Waals surface area contributed by atoms with Crippen LogP contribution in [0.3, 0.4) is 0 Å². The lowest BCUT2D eigenvalue weighted by Gasteiger charge is -2.18. The highest BCUT2D eigenvalue weighted by Gasteiger charge is 2.06. The zero-order valence-corrected chi connectivity index (χ0v) is 16.9. The van der Waals surface area contributed by atoms with Gasteiger partial charge in [0, 0.05) is 25.8 Å². The van der Waals surface area contributed by atoms with Crippen LogP contribution in [0.5, 0.6) is 0 Å². The van der Waals surface area contributed by atoms with Crippen LogP contribution < -0.4 is 10.6 Å². The maximum Gasteiger partial charge on any atom is 0.191 e. The van der Waals surface area contributed by atoms with Crippen molar-refractivity contribution in [2.24, 2.45) is 18.0 Å². The number of nitrogens with zero attached hydrogens (tertiary/aromatic N) is 3. The average molecular weight is 421 g/mol. The molecule has 0 aromatic carbocycles. The fourth-order valence-electron chi connectivity index (χ4n) is 2.17. The number of nitrogens with one attached hydrogen (secondary N) is 2. The van der Waals surface area contributed by atoms with Gasteiger partial charge in [0.2, 0.25) is 0 Å². The van der Waals surface area contributed by atoms with Crippen molar-refractivity contribution in [3.63, 3.8) is 0 Å². The predicted octanol–water partition coefficient (Wildman–Crippen LogP) is 3.31. The molecule has 2 N–H and O–H groups in total. The third-order valence-corrected chi connectivity index (χ3v) is 3.47. The average Bonchev–Trinajstić information content (AvgIpc) is 2.81. The van der Waals surface area contributed by atoms with Gasteiger partial charge in [-0.05, 0) is 32.3 Å². The smallest absolute Gasteiger partial charge is 0.191 e. The number of guanidine groups is 1. The molecule has 1 unspecified atom stereocenters. The highest BCUT2D eigenvalue weighted by atomic mass is 127. The summed E-state index contributed by atoms with van der Waals surface area (Å²) in [4.78, 5) is 4.63. The second-order valence-electron chi connectivity index (χ2n) is 6.01. The number of aryl methyl sites for hydroxylation is 1. The topological polar surface area (TPSA) is 54.2 Å². The summed E-state index contributed by atoms with van der Waals surface area (Å²) in [7, 11) is 1.94. The molecule has 0 saturated heterocycles. The Kier molecular flexibility index (Phi) is 11.3. The van der Waals surface area contributed by atoms with Crippen LogP contribution in [0.2, 0.25) is 0 Å². The molecule has 0 bridgehead atoms. The molecule has 128 valence electrons. The number of hydrogen-bond donors (Lipinski definition) is 2. The first-order valence-electron chi connectivity index (χ1n) is 8.04. The van der Waals surface area contributed by atoms with Gasteiger partial charge >= 0.3 is 0 Å². The molecule has 1 atom stereocenters. The van der Waals surface area contributed by atoms with Gasteiger partial charge in [0.15, 0.2) is 5.96 Å². The fourth-order valence-corrected chi connectivity index (χ4v) is 2.17. The molecule has 5 nitrogen and oxygen atoms in total. The molecule has 0 aliphatic carbocycles.